The normalized spacial score (nSPS) is 17.0. The van der Waals surface area contributed by atoms with Crippen molar-refractivity contribution in [2.45, 2.75) is 32.8 Å². The van der Waals surface area contributed by atoms with Gasteiger partial charge in [-0.25, -0.2) is 8.78 Å². The van der Waals surface area contributed by atoms with E-state index in [0.29, 0.717) is 30.5 Å². The highest BCUT2D eigenvalue weighted by Gasteiger charge is 2.31. The minimum atomic E-state index is -1.08. The largest absolute Gasteiger partial charge is 0.452 e. The van der Waals surface area contributed by atoms with Gasteiger partial charge in [-0.3, -0.25) is 14.4 Å². The second-order valence-electron chi connectivity index (χ2n) is 7.63. The number of anilines is 1. The van der Waals surface area contributed by atoms with E-state index in [-0.39, 0.29) is 18.1 Å². The Bertz CT molecular complexity index is 978. The summed E-state index contributed by atoms with van der Waals surface area (Å²) < 4.78 is 32.0. The number of hydrogen-bond acceptors (Lipinski definition) is 4. The molecule has 0 saturated carbocycles. The van der Waals surface area contributed by atoms with Gasteiger partial charge in [0.1, 0.15) is 11.6 Å². The van der Waals surface area contributed by atoms with Gasteiger partial charge in [0.15, 0.2) is 6.10 Å². The van der Waals surface area contributed by atoms with Crippen molar-refractivity contribution in [1.82, 2.24) is 4.90 Å². The van der Waals surface area contributed by atoms with Gasteiger partial charge in [-0.05, 0) is 68.7 Å². The van der Waals surface area contributed by atoms with Crippen LogP contribution in [-0.4, -0.2) is 41.9 Å². The zero-order valence-corrected chi connectivity index (χ0v) is 17.4. The van der Waals surface area contributed by atoms with Crippen molar-refractivity contribution < 1.29 is 27.9 Å². The summed E-state index contributed by atoms with van der Waals surface area (Å²) in [5.41, 5.74) is 1.06. The third-order valence-corrected chi connectivity index (χ3v) is 5.23. The molecule has 0 aromatic heterocycles. The van der Waals surface area contributed by atoms with Crippen LogP contribution in [0.3, 0.4) is 0 Å². The highest BCUT2D eigenvalue weighted by molar-refractivity contribution is 5.96. The number of ether oxygens (including phenoxy) is 1. The lowest BCUT2D eigenvalue weighted by Crippen LogP contribution is -2.44. The fourth-order valence-electron chi connectivity index (χ4n) is 3.37. The maximum Gasteiger partial charge on any atom is 0.311 e. The quantitative estimate of drug-likeness (QED) is 0.734. The fraction of sp³-hybridized carbons (Fsp3) is 0.348. The standard InChI is InChI=1S/C23H24F2N2O4/c1-14-5-10-19(12-20(14)25)26-21(28)15(2)31-23(30)17-4-3-11-27(13-17)22(29)16-6-8-18(24)9-7-16/h5-10,12,15,17H,3-4,11,13H2,1-2H3,(H,26,28). The Hall–Kier alpha value is -3.29. The van der Waals surface area contributed by atoms with Gasteiger partial charge in [0.05, 0.1) is 5.92 Å². The van der Waals surface area contributed by atoms with Crippen LogP contribution in [0.5, 0.6) is 0 Å². The second kappa shape index (κ2) is 9.68. The molecule has 3 rings (SSSR count). The van der Waals surface area contributed by atoms with Crippen molar-refractivity contribution in [3.8, 4) is 0 Å². The summed E-state index contributed by atoms with van der Waals surface area (Å²) in [4.78, 5) is 39.0. The molecule has 164 valence electrons. The first-order chi connectivity index (χ1) is 14.7. The third kappa shape index (κ3) is 5.65. The highest BCUT2D eigenvalue weighted by Crippen LogP contribution is 2.21. The number of benzene rings is 2. The molecule has 6 nitrogen and oxygen atoms in total. The number of halogens is 2. The zero-order chi connectivity index (χ0) is 22.5. The van der Waals surface area contributed by atoms with E-state index in [1.807, 2.05) is 0 Å². The van der Waals surface area contributed by atoms with Crippen LogP contribution < -0.4 is 5.32 Å². The fourth-order valence-corrected chi connectivity index (χ4v) is 3.37. The van der Waals surface area contributed by atoms with Crippen LogP contribution in [0, 0.1) is 24.5 Å². The molecular weight excluding hydrogens is 406 g/mol. The van der Waals surface area contributed by atoms with Crippen LogP contribution in [0.2, 0.25) is 0 Å². The van der Waals surface area contributed by atoms with Gasteiger partial charge < -0.3 is 15.0 Å². The van der Waals surface area contributed by atoms with E-state index < -0.39 is 35.5 Å². The van der Waals surface area contributed by atoms with Crippen LogP contribution in [0.4, 0.5) is 14.5 Å². The molecule has 0 bridgehead atoms. The molecule has 31 heavy (non-hydrogen) atoms. The van der Waals surface area contributed by atoms with E-state index in [9.17, 15) is 23.2 Å². The lowest BCUT2D eigenvalue weighted by molar-refractivity contribution is -0.158. The summed E-state index contributed by atoms with van der Waals surface area (Å²) in [5.74, 6) is -2.89. The molecule has 1 heterocycles. The van der Waals surface area contributed by atoms with E-state index in [0.717, 1.165) is 0 Å². The van der Waals surface area contributed by atoms with E-state index >= 15 is 0 Å². The van der Waals surface area contributed by atoms with Crippen molar-refractivity contribution >= 4 is 23.5 Å². The summed E-state index contributed by atoms with van der Waals surface area (Å²) in [5, 5.41) is 2.52. The van der Waals surface area contributed by atoms with E-state index in [4.69, 9.17) is 4.74 Å². The molecule has 0 aliphatic carbocycles. The topological polar surface area (TPSA) is 75.7 Å². The summed E-state index contributed by atoms with van der Waals surface area (Å²) >= 11 is 0. The summed E-state index contributed by atoms with van der Waals surface area (Å²) in [6, 6.07) is 9.52. The molecule has 1 fully saturated rings. The molecule has 2 atom stereocenters. The maximum atomic E-state index is 13.6. The summed E-state index contributed by atoms with van der Waals surface area (Å²) in [7, 11) is 0. The number of nitrogens with one attached hydrogen (secondary N) is 1. The monoisotopic (exact) mass is 430 g/mol. The molecule has 1 aliphatic heterocycles. The molecule has 0 radical (unpaired) electrons. The Morgan fingerprint density at radius 1 is 1.13 bits per heavy atom. The van der Waals surface area contributed by atoms with Gasteiger partial charge >= 0.3 is 5.97 Å². The first-order valence-electron chi connectivity index (χ1n) is 10.1. The van der Waals surface area contributed by atoms with Crippen LogP contribution >= 0.6 is 0 Å². The smallest absolute Gasteiger partial charge is 0.311 e. The number of piperidine rings is 1. The summed E-state index contributed by atoms with van der Waals surface area (Å²) in [6.45, 7) is 3.68. The Morgan fingerprint density at radius 2 is 1.84 bits per heavy atom. The average Bonchev–Trinajstić information content (AvgIpc) is 2.76. The molecule has 1 saturated heterocycles. The molecular formula is C23H24F2N2O4. The van der Waals surface area contributed by atoms with Crippen molar-refractivity contribution in [2.24, 2.45) is 5.92 Å². The Morgan fingerprint density at radius 3 is 2.52 bits per heavy atom. The Kier molecular flexibility index (Phi) is 6.99. The lowest BCUT2D eigenvalue weighted by Gasteiger charge is -2.32. The number of carbonyl (C=O) groups excluding carboxylic acids is 3. The number of amides is 2. The molecule has 2 unspecified atom stereocenters. The van der Waals surface area contributed by atoms with Crippen molar-refractivity contribution in [1.29, 1.82) is 0 Å². The number of esters is 1. The molecule has 8 heteroatoms. The van der Waals surface area contributed by atoms with E-state index in [1.165, 1.54) is 48.2 Å². The SMILES string of the molecule is Cc1ccc(NC(=O)C(C)OC(=O)C2CCCN(C(=O)c3ccc(F)cc3)C2)cc1F. The van der Waals surface area contributed by atoms with Crippen molar-refractivity contribution in [3.63, 3.8) is 0 Å². The molecule has 2 aromatic carbocycles. The lowest BCUT2D eigenvalue weighted by atomic mass is 9.97. The molecule has 2 amide bonds. The van der Waals surface area contributed by atoms with Crippen LogP contribution in [0.1, 0.15) is 35.7 Å². The van der Waals surface area contributed by atoms with Gasteiger partial charge in [-0.1, -0.05) is 6.07 Å². The van der Waals surface area contributed by atoms with Crippen LogP contribution in [0.25, 0.3) is 0 Å². The van der Waals surface area contributed by atoms with Gasteiger partial charge in [0.2, 0.25) is 0 Å². The van der Waals surface area contributed by atoms with Gasteiger partial charge in [0, 0.05) is 24.3 Å². The predicted octanol–water partition coefficient (Wildman–Crippen LogP) is 3.70. The second-order valence-corrected chi connectivity index (χ2v) is 7.63. The van der Waals surface area contributed by atoms with E-state index in [2.05, 4.69) is 5.32 Å². The van der Waals surface area contributed by atoms with E-state index in [1.54, 1.807) is 13.0 Å². The first-order valence-corrected chi connectivity index (χ1v) is 10.1. The predicted molar refractivity (Wildman–Crippen MR) is 110 cm³/mol. The Balaban J connectivity index is 1.56. The van der Waals surface area contributed by atoms with Crippen molar-refractivity contribution in [2.75, 3.05) is 18.4 Å². The maximum absolute atomic E-state index is 13.6. The Labute approximate surface area is 179 Å². The van der Waals surface area contributed by atoms with Crippen LogP contribution in [0.15, 0.2) is 42.5 Å². The minimum absolute atomic E-state index is 0.159. The minimum Gasteiger partial charge on any atom is -0.452 e. The first kappa shape index (κ1) is 22.4. The third-order valence-electron chi connectivity index (χ3n) is 5.23. The van der Waals surface area contributed by atoms with Gasteiger partial charge in [-0.2, -0.15) is 0 Å². The number of nitrogens with zero attached hydrogens (tertiary/aromatic N) is 1. The zero-order valence-electron chi connectivity index (χ0n) is 17.4. The van der Waals surface area contributed by atoms with Gasteiger partial charge in [0.25, 0.3) is 11.8 Å². The summed E-state index contributed by atoms with van der Waals surface area (Å²) in [6.07, 6.45) is 0.0551. The highest BCUT2D eigenvalue weighted by atomic mass is 19.1. The number of carbonyl (C=O) groups is 3. The molecule has 2 aromatic rings. The van der Waals surface area contributed by atoms with Crippen LogP contribution in [-0.2, 0) is 14.3 Å². The average molecular weight is 430 g/mol. The number of likely N-dealkylation sites (tertiary alicyclic amines) is 1. The van der Waals surface area contributed by atoms with Crippen molar-refractivity contribution in [3.05, 3.63) is 65.2 Å². The van der Waals surface area contributed by atoms with Gasteiger partial charge in [-0.15, -0.1) is 0 Å². The number of hydrogen-bond donors (Lipinski definition) is 1. The molecule has 1 N–H and O–H groups in total. The molecule has 1 aliphatic rings. The number of rotatable bonds is 5. The molecule has 0 spiro atoms. The number of aryl methyl sites for hydroxylation is 1.